The summed E-state index contributed by atoms with van der Waals surface area (Å²) in [7, 11) is 0. The zero-order chi connectivity index (χ0) is 11.7. The van der Waals surface area contributed by atoms with Gasteiger partial charge in [0, 0.05) is 23.8 Å². The average molecular weight is 219 g/mol. The zero-order valence-electron chi connectivity index (χ0n) is 10.4. The third-order valence-corrected chi connectivity index (χ3v) is 3.35. The van der Waals surface area contributed by atoms with E-state index in [-0.39, 0.29) is 0 Å². The monoisotopic (exact) mass is 219 g/mol. The van der Waals surface area contributed by atoms with Gasteiger partial charge in [-0.2, -0.15) is 0 Å². The number of nitrogens with zero attached hydrogens (tertiary/aromatic N) is 1. The predicted molar refractivity (Wildman–Crippen MR) is 67.4 cm³/mol. The highest BCUT2D eigenvalue weighted by molar-refractivity contribution is 5.51. The van der Waals surface area contributed by atoms with Crippen LogP contribution in [0.2, 0.25) is 0 Å². The molecule has 3 N–H and O–H groups in total. The molecule has 3 nitrogen and oxygen atoms in total. The summed E-state index contributed by atoms with van der Waals surface area (Å²) in [5, 5.41) is 3.41. The average Bonchev–Trinajstić information content (AvgIpc) is 2.64. The molecule has 1 aliphatic carbocycles. The second-order valence-electron chi connectivity index (χ2n) is 4.91. The largest absolute Gasteiger partial charge is 0.383 e. The van der Waals surface area contributed by atoms with Crippen LogP contribution in [-0.2, 0) is 19.4 Å². The van der Waals surface area contributed by atoms with Crippen molar-refractivity contribution in [2.45, 2.75) is 52.6 Å². The first kappa shape index (κ1) is 11.4. The Morgan fingerprint density at radius 1 is 1.38 bits per heavy atom. The van der Waals surface area contributed by atoms with Crippen molar-refractivity contribution in [3.05, 3.63) is 22.4 Å². The van der Waals surface area contributed by atoms with Crippen LogP contribution in [0.25, 0.3) is 0 Å². The summed E-state index contributed by atoms with van der Waals surface area (Å²) in [5.74, 6) is 0.714. The summed E-state index contributed by atoms with van der Waals surface area (Å²) in [6.07, 6.45) is 3.49. The molecule has 2 rings (SSSR count). The molecule has 0 spiro atoms. The molecule has 0 saturated heterocycles. The lowest BCUT2D eigenvalue weighted by Crippen LogP contribution is -2.23. The molecule has 0 aliphatic heterocycles. The number of nitrogen functional groups attached to an aromatic ring is 1. The lowest BCUT2D eigenvalue weighted by atomic mass is 10.0. The maximum absolute atomic E-state index is 6.03. The zero-order valence-corrected chi connectivity index (χ0v) is 10.4. The van der Waals surface area contributed by atoms with Crippen LogP contribution in [0.4, 0.5) is 5.82 Å². The Balaban J connectivity index is 2.31. The second-order valence-corrected chi connectivity index (χ2v) is 4.91. The van der Waals surface area contributed by atoms with E-state index in [2.05, 4.69) is 31.1 Å². The summed E-state index contributed by atoms with van der Waals surface area (Å²) < 4.78 is 0. The maximum Gasteiger partial charge on any atom is 0.128 e. The molecule has 0 saturated carbocycles. The molecule has 1 aromatic heterocycles. The van der Waals surface area contributed by atoms with Gasteiger partial charge in [0.05, 0.1) is 0 Å². The van der Waals surface area contributed by atoms with Crippen molar-refractivity contribution >= 4 is 5.82 Å². The van der Waals surface area contributed by atoms with Crippen molar-refractivity contribution in [2.75, 3.05) is 5.73 Å². The Morgan fingerprint density at radius 3 is 2.81 bits per heavy atom. The van der Waals surface area contributed by atoms with Gasteiger partial charge in [-0.15, -0.1) is 0 Å². The smallest absolute Gasteiger partial charge is 0.128 e. The van der Waals surface area contributed by atoms with E-state index >= 15 is 0 Å². The van der Waals surface area contributed by atoms with Crippen LogP contribution in [-0.4, -0.2) is 11.0 Å². The number of aromatic nitrogens is 1. The van der Waals surface area contributed by atoms with Gasteiger partial charge >= 0.3 is 0 Å². The van der Waals surface area contributed by atoms with Gasteiger partial charge < -0.3 is 11.1 Å². The molecule has 0 amide bonds. The van der Waals surface area contributed by atoms with E-state index in [0.717, 1.165) is 13.0 Å². The van der Waals surface area contributed by atoms with E-state index in [4.69, 9.17) is 5.73 Å². The third kappa shape index (κ3) is 2.05. The highest BCUT2D eigenvalue weighted by atomic mass is 14.9. The van der Waals surface area contributed by atoms with E-state index in [1.807, 2.05) is 0 Å². The van der Waals surface area contributed by atoms with Crippen molar-refractivity contribution < 1.29 is 0 Å². The summed E-state index contributed by atoms with van der Waals surface area (Å²) in [4.78, 5) is 4.53. The fraction of sp³-hybridized carbons (Fsp3) is 0.615. The molecule has 88 valence electrons. The van der Waals surface area contributed by atoms with Crippen LogP contribution >= 0.6 is 0 Å². The number of anilines is 1. The number of fused-ring (bicyclic) bond motifs is 1. The fourth-order valence-electron chi connectivity index (χ4n) is 2.37. The summed E-state index contributed by atoms with van der Waals surface area (Å²) in [6.45, 7) is 7.30. The SMILES string of the molecule is Cc1c(CNC(C)C)c(N)nc2c1CCC2. The summed E-state index contributed by atoms with van der Waals surface area (Å²) in [6, 6.07) is 0.479. The quantitative estimate of drug-likeness (QED) is 0.817. The summed E-state index contributed by atoms with van der Waals surface area (Å²) >= 11 is 0. The van der Waals surface area contributed by atoms with E-state index in [0.29, 0.717) is 11.9 Å². The predicted octanol–water partition coefficient (Wildman–Crippen LogP) is 1.96. The molecular weight excluding hydrogens is 198 g/mol. The fourth-order valence-corrected chi connectivity index (χ4v) is 2.37. The minimum Gasteiger partial charge on any atom is -0.383 e. The molecule has 0 atom stereocenters. The molecule has 1 heterocycles. The van der Waals surface area contributed by atoms with Crippen LogP contribution in [0.5, 0.6) is 0 Å². The van der Waals surface area contributed by atoms with Gasteiger partial charge in [0.1, 0.15) is 5.82 Å². The molecule has 1 aliphatic rings. The number of hydrogen-bond acceptors (Lipinski definition) is 3. The van der Waals surface area contributed by atoms with Gasteiger partial charge in [-0.1, -0.05) is 13.8 Å². The van der Waals surface area contributed by atoms with Gasteiger partial charge in [-0.3, -0.25) is 0 Å². The molecule has 1 aromatic rings. The van der Waals surface area contributed by atoms with Crippen molar-refractivity contribution in [3.63, 3.8) is 0 Å². The van der Waals surface area contributed by atoms with E-state index < -0.39 is 0 Å². The van der Waals surface area contributed by atoms with Gasteiger partial charge in [0.25, 0.3) is 0 Å². The number of pyridine rings is 1. The Labute approximate surface area is 97.5 Å². The van der Waals surface area contributed by atoms with E-state index in [1.165, 1.54) is 35.2 Å². The van der Waals surface area contributed by atoms with Crippen LogP contribution in [0.3, 0.4) is 0 Å². The highest BCUT2D eigenvalue weighted by Gasteiger charge is 2.19. The molecule has 0 radical (unpaired) electrons. The maximum atomic E-state index is 6.03. The Hall–Kier alpha value is -1.09. The van der Waals surface area contributed by atoms with Gasteiger partial charge in [0.2, 0.25) is 0 Å². The highest BCUT2D eigenvalue weighted by Crippen LogP contribution is 2.28. The van der Waals surface area contributed by atoms with Crippen LogP contribution in [0.15, 0.2) is 0 Å². The van der Waals surface area contributed by atoms with Gasteiger partial charge in [-0.25, -0.2) is 4.98 Å². The first-order chi connectivity index (χ1) is 7.59. The standard InChI is InChI=1S/C13H21N3/c1-8(2)15-7-11-9(3)10-5-4-6-12(10)16-13(11)14/h8,15H,4-7H2,1-3H3,(H2,14,16). The van der Waals surface area contributed by atoms with Crippen LogP contribution in [0.1, 0.15) is 42.7 Å². The lowest BCUT2D eigenvalue weighted by Gasteiger charge is -2.15. The minimum absolute atomic E-state index is 0.479. The number of aryl methyl sites for hydroxylation is 1. The van der Waals surface area contributed by atoms with Gasteiger partial charge in [0.15, 0.2) is 0 Å². The van der Waals surface area contributed by atoms with Crippen LogP contribution in [0, 0.1) is 6.92 Å². The Kier molecular flexibility index (Phi) is 3.15. The number of rotatable bonds is 3. The van der Waals surface area contributed by atoms with E-state index in [1.54, 1.807) is 0 Å². The molecule has 0 fully saturated rings. The molecular formula is C13H21N3. The van der Waals surface area contributed by atoms with E-state index in [9.17, 15) is 0 Å². The second kappa shape index (κ2) is 4.42. The lowest BCUT2D eigenvalue weighted by molar-refractivity contribution is 0.587. The van der Waals surface area contributed by atoms with Crippen molar-refractivity contribution in [2.24, 2.45) is 0 Å². The normalized spacial score (nSPS) is 14.5. The molecule has 3 heteroatoms. The van der Waals surface area contributed by atoms with Crippen molar-refractivity contribution in [1.82, 2.24) is 10.3 Å². The molecule has 0 unspecified atom stereocenters. The first-order valence-corrected chi connectivity index (χ1v) is 6.09. The van der Waals surface area contributed by atoms with Crippen LogP contribution < -0.4 is 11.1 Å². The summed E-state index contributed by atoms with van der Waals surface area (Å²) in [5.41, 5.74) is 11.2. The Morgan fingerprint density at radius 2 is 2.12 bits per heavy atom. The minimum atomic E-state index is 0.479. The Bertz CT molecular complexity index is 397. The number of hydrogen-bond donors (Lipinski definition) is 2. The van der Waals surface area contributed by atoms with Gasteiger partial charge in [-0.05, 0) is 37.3 Å². The first-order valence-electron chi connectivity index (χ1n) is 6.09. The molecule has 16 heavy (non-hydrogen) atoms. The third-order valence-electron chi connectivity index (χ3n) is 3.35. The number of nitrogens with two attached hydrogens (primary N) is 1. The number of nitrogens with one attached hydrogen (secondary N) is 1. The van der Waals surface area contributed by atoms with Crippen molar-refractivity contribution in [3.8, 4) is 0 Å². The molecule has 0 aromatic carbocycles. The molecule has 0 bridgehead atoms. The topological polar surface area (TPSA) is 50.9 Å². The van der Waals surface area contributed by atoms with Crippen molar-refractivity contribution in [1.29, 1.82) is 0 Å².